The van der Waals surface area contributed by atoms with Gasteiger partial charge in [0.1, 0.15) is 3.70 Å². The van der Waals surface area contributed by atoms with Crippen LogP contribution in [-0.2, 0) is 0 Å². The first-order chi connectivity index (χ1) is 5.86. The van der Waals surface area contributed by atoms with E-state index >= 15 is 0 Å². The van der Waals surface area contributed by atoms with Crippen LogP contribution in [0, 0.1) is 3.70 Å². The van der Waals surface area contributed by atoms with E-state index in [9.17, 15) is 0 Å². The summed E-state index contributed by atoms with van der Waals surface area (Å²) in [5.41, 5.74) is 1.38. The van der Waals surface area contributed by atoms with E-state index in [0.717, 1.165) is 16.8 Å². The van der Waals surface area contributed by atoms with E-state index in [1.807, 2.05) is 6.20 Å². The van der Waals surface area contributed by atoms with Crippen molar-refractivity contribution < 1.29 is 0 Å². The highest BCUT2D eigenvalue weighted by atomic mass is 127. The third-order valence-corrected chi connectivity index (χ3v) is 2.92. The number of aromatic nitrogens is 1. The van der Waals surface area contributed by atoms with Crippen molar-refractivity contribution in [3.8, 4) is 0 Å². The van der Waals surface area contributed by atoms with Gasteiger partial charge >= 0.3 is 0 Å². The Hall–Kier alpha value is -0.160. The molecule has 1 fully saturated rings. The van der Waals surface area contributed by atoms with Crippen LogP contribution in [0.25, 0.3) is 0 Å². The number of halogens is 1. The highest BCUT2D eigenvalue weighted by Gasteiger charge is 2.16. The topological polar surface area (TPSA) is 24.9 Å². The molecule has 0 radical (unpaired) electrons. The second-order valence-corrected chi connectivity index (χ2v) is 4.21. The van der Waals surface area contributed by atoms with Gasteiger partial charge in [0.05, 0.1) is 0 Å². The van der Waals surface area contributed by atoms with E-state index in [-0.39, 0.29) is 0 Å². The second kappa shape index (κ2) is 3.70. The second-order valence-electron chi connectivity index (χ2n) is 3.10. The molecule has 0 aliphatic carbocycles. The molecule has 1 saturated heterocycles. The largest absolute Gasteiger partial charge is 0.316 e. The van der Waals surface area contributed by atoms with E-state index < -0.39 is 0 Å². The third kappa shape index (κ3) is 1.77. The van der Waals surface area contributed by atoms with E-state index in [2.05, 4.69) is 45.0 Å². The standard InChI is InChI=1S/C9H11IN2/c10-9-2-1-7(6-12-9)8-3-4-11-5-8/h1-2,6,8,11H,3-5H2. The van der Waals surface area contributed by atoms with Crippen LogP contribution >= 0.6 is 22.6 Å². The fourth-order valence-electron chi connectivity index (χ4n) is 1.57. The smallest absolute Gasteiger partial charge is 0.101 e. The average Bonchev–Trinajstić information content (AvgIpc) is 2.58. The molecule has 3 heteroatoms. The van der Waals surface area contributed by atoms with Gasteiger partial charge in [0.25, 0.3) is 0 Å². The number of pyridine rings is 1. The summed E-state index contributed by atoms with van der Waals surface area (Å²) in [6.07, 6.45) is 3.25. The van der Waals surface area contributed by atoms with Crippen LogP contribution in [0.1, 0.15) is 17.9 Å². The zero-order valence-corrected chi connectivity index (χ0v) is 8.91. The molecule has 1 aromatic rings. The van der Waals surface area contributed by atoms with Gasteiger partial charge in [-0.05, 0) is 53.1 Å². The summed E-state index contributed by atoms with van der Waals surface area (Å²) in [6.45, 7) is 2.26. The van der Waals surface area contributed by atoms with E-state index in [4.69, 9.17) is 0 Å². The molecule has 2 heterocycles. The minimum atomic E-state index is 0.689. The Morgan fingerprint density at radius 1 is 1.50 bits per heavy atom. The molecule has 2 nitrogen and oxygen atoms in total. The molecule has 0 saturated carbocycles. The zero-order valence-electron chi connectivity index (χ0n) is 6.76. The summed E-state index contributed by atoms with van der Waals surface area (Å²) < 4.78 is 1.07. The highest BCUT2D eigenvalue weighted by Crippen LogP contribution is 2.21. The minimum absolute atomic E-state index is 0.689. The van der Waals surface area contributed by atoms with Crippen LogP contribution in [0.4, 0.5) is 0 Å². The van der Waals surface area contributed by atoms with Crippen LogP contribution in [-0.4, -0.2) is 18.1 Å². The van der Waals surface area contributed by atoms with Gasteiger partial charge in [0.15, 0.2) is 0 Å². The van der Waals surface area contributed by atoms with Crippen LogP contribution in [0.5, 0.6) is 0 Å². The Morgan fingerprint density at radius 3 is 3.00 bits per heavy atom. The molecule has 1 aliphatic rings. The summed E-state index contributed by atoms with van der Waals surface area (Å²) in [7, 11) is 0. The van der Waals surface area contributed by atoms with Crippen molar-refractivity contribution in [3.05, 3.63) is 27.6 Å². The van der Waals surface area contributed by atoms with Crippen LogP contribution in [0.3, 0.4) is 0 Å². The highest BCUT2D eigenvalue weighted by molar-refractivity contribution is 14.1. The van der Waals surface area contributed by atoms with Crippen molar-refractivity contribution in [2.45, 2.75) is 12.3 Å². The maximum absolute atomic E-state index is 4.28. The molecule has 12 heavy (non-hydrogen) atoms. The lowest BCUT2D eigenvalue weighted by Gasteiger charge is -2.06. The van der Waals surface area contributed by atoms with Gasteiger partial charge < -0.3 is 5.32 Å². The van der Waals surface area contributed by atoms with Crippen molar-refractivity contribution >= 4 is 22.6 Å². The fraction of sp³-hybridized carbons (Fsp3) is 0.444. The Bertz CT molecular complexity index is 252. The molecule has 1 aromatic heterocycles. The molecule has 64 valence electrons. The first-order valence-electron chi connectivity index (χ1n) is 4.18. The van der Waals surface area contributed by atoms with Crippen LogP contribution < -0.4 is 5.32 Å². The van der Waals surface area contributed by atoms with Crippen molar-refractivity contribution in [2.75, 3.05) is 13.1 Å². The number of nitrogens with zero attached hydrogens (tertiary/aromatic N) is 1. The number of nitrogens with one attached hydrogen (secondary N) is 1. The maximum atomic E-state index is 4.28. The van der Waals surface area contributed by atoms with E-state index in [1.165, 1.54) is 12.0 Å². The van der Waals surface area contributed by atoms with Gasteiger partial charge in [0, 0.05) is 12.7 Å². The lowest BCUT2D eigenvalue weighted by molar-refractivity contribution is 0.758. The normalized spacial score (nSPS) is 22.9. The molecule has 1 aliphatic heterocycles. The van der Waals surface area contributed by atoms with Gasteiger partial charge in [-0.2, -0.15) is 0 Å². The third-order valence-electron chi connectivity index (χ3n) is 2.28. The summed E-state index contributed by atoms with van der Waals surface area (Å²) in [6, 6.07) is 4.26. The number of hydrogen-bond acceptors (Lipinski definition) is 2. The average molecular weight is 274 g/mol. The molecule has 0 spiro atoms. The lowest BCUT2D eigenvalue weighted by atomic mass is 10.0. The monoisotopic (exact) mass is 274 g/mol. The predicted octanol–water partition coefficient (Wildman–Crippen LogP) is 1.76. The maximum Gasteiger partial charge on any atom is 0.101 e. The van der Waals surface area contributed by atoms with Crippen molar-refractivity contribution in [1.82, 2.24) is 10.3 Å². The Morgan fingerprint density at radius 2 is 2.42 bits per heavy atom. The molecule has 1 N–H and O–H groups in total. The van der Waals surface area contributed by atoms with Gasteiger partial charge in [-0.15, -0.1) is 0 Å². The van der Waals surface area contributed by atoms with Gasteiger partial charge in [-0.25, -0.2) is 0 Å². The van der Waals surface area contributed by atoms with Gasteiger partial charge in [0.2, 0.25) is 0 Å². The summed E-state index contributed by atoms with van der Waals surface area (Å²) in [4.78, 5) is 4.28. The van der Waals surface area contributed by atoms with Crippen LogP contribution in [0.2, 0.25) is 0 Å². The first-order valence-corrected chi connectivity index (χ1v) is 5.26. The minimum Gasteiger partial charge on any atom is -0.316 e. The molecule has 2 rings (SSSR count). The predicted molar refractivity (Wildman–Crippen MR) is 57.2 cm³/mol. The fourth-order valence-corrected chi connectivity index (χ4v) is 1.89. The summed E-state index contributed by atoms with van der Waals surface area (Å²) >= 11 is 2.23. The van der Waals surface area contributed by atoms with Crippen LogP contribution in [0.15, 0.2) is 18.3 Å². The summed E-state index contributed by atoms with van der Waals surface area (Å²) in [5, 5.41) is 3.36. The van der Waals surface area contributed by atoms with Gasteiger partial charge in [-0.1, -0.05) is 6.07 Å². The van der Waals surface area contributed by atoms with Crippen molar-refractivity contribution in [3.63, 3.8) is 0 Å². The lowest BCUT2D eigenvalue weighted by Crippen LogP contribution is -2.08. The molecule has 1 unspecified atom stereocenters. The van der Waals surface area contributed by atoms with Crippen molar-refractivity contribution in [2.24, 2.45) is 0 Å². The molecule has 1 atom stereocenters. The number of rotatable bonds is 1. The van der Waals surface area contributed by atoms with E-state index in [1.54, 1.807) is 0 Å². The molecular formula is C9H11IN2. The SMILES string of the molecule is Ic1ccc(C2CCNC2)cn1. The molecular weight excluding hydrogens is 263 g/mol. The number of hydrogen-bond donors (Lipinski definition) is 1. The quantitative estimate of drug-likeness (QED) is 0.623. The first kappa shape index (κ1) is 8.44. The Balaban J connectivity index is 2.17. The zero-order chi connectivity index (χ0) is 8.39. The molecule has 0 bridgehead atoms. The van der Waals surface area contributed by atoms with Crippen molar-refractivity contribution in [1.29, 1.82) is 0 Å². The van der Waals surface area contributed by atoms with Gasteiger partial charge in [-0.3, -0.25) is 4.98 Å². The summed E-state index contributed by atoms with van der Waals surface area (Å²) in [5.74, 6) is 0.689. The van der Waals surface area contributed by atoms with E-state index in [0.29, 0.717) is 5.92 Å². The Kier molecular flexibility index (Phi) is 2.60. The molecule has 0 amide bonds. The Labute approximate surface area is 85.9 Å². The molecule has 0 aromatic carbocycles.